The van der Waals surface area contributed by atoms with Gasteiger partial charge in [-0.1, -0.05) is 25.1 Å². The molecule has 1 amide bonds. The first-order valence-electron chi connectivity index (χ1n) is 5.74. The second-order valence-corrected chi connectivity index (χ2v) is 5.73. The van der Waals surface area contributed by atoms with Crippen LogP contribution in [0.25, 0.3) is 0 Å². The number of rotatable bonds is 4. The summed E-state index contributed by atoms with van der Waals surface area (Å²) < 4.78 is 0. The highest BCUT2D eigenvalue weighted by atomic mass is 32.1. The molecule has 1 heterocycles. The summed E-state index contributed by atoms with van der Waals surface area (Å²) >= 11 is 6.70. The van der Waals surface area contributed by atoms with E-state index in [1.54, 1.807) is 11.3 Å². The van der Waals surface area contributed by atoms with Gasteiger partial charge in [-0.05, 0) is 35.2 Å². The Morgan fingerprint density at radius 1 is 1.53 bits per heavy atom. The minimum Gasteiger partial charge on any atom is -0.391 e. The molecule has 0 saturated heterocycles. The third-order valence-electron chi connectivity index (χ3n) is 3.25. The lowest BCUT2D eigenvalue weighted by molar-refractivity contribution is -0.121. The van der Waals surface area contributed by atoms with E-state index in [4.69, 9.17) is 18.0 Å². The molecule has 92 valence electrons. The van der Waals surface area contributed by atoms with Crippen molar-refractivity contribution in [2.24, 2.45) is 5.73 Å². The number of thiophene rings is 1. The summed E-state index contributed by atoms with van der Waals surface area (Å²) in [4.78, 5) is 12.4. The van der Waals surface area contributed by atoms with Gasteiger partial charge in [0, 0.05) is 0 Å². The molecule has 2 rings (SSSR count). The van der Waals surface area contributed by atoms with Crippen molar-refractivity contribution in [1.82, 2.24) is 5.32 Å². The first-order chi connectivity index (χ1) is 8.12. The predicted octanol–water partition coefficient (Wildman–Crippen LogP) is 2.01. The summed E-state index contributed by atoms with van der Waals surface area (Å²) in [6, 6.07) is 1.96. The van der Waals surface area contributed by atoms with Crippen molar-refractivity contribution in [1.29, 1.82) is 0 Å². The van der Waals surface area contributed by atoms with E-state index >= 15 is 0 Å². The van der Waals surface area contributed by atoms with Crippen LogP contribution >= 0.6 is 23.6 Å². The molecule has 3 N–H and O–H groups in total. The highest BCUT2D eigenvalue weighted by Gasteiger charge is 2.37. The Hall–Kier alpha value is -0.940. The van der Waals surface area contributed by atoms with Crippen LogP contribution in [0.3, 0.4) is 0 Å². The molecule has 0 bridgehead atoms. The van der Waals surface area contributed by atoms with E-state index in [1.165, 1.54) is 0 Å². The van der Waals surface area contributed by atoms with Crippen molar-refractivity contribution in [3.05, 3.63) is 22.4 Å². The fourth-order valence-electron chi connectivity index (χ4n) is 2.30. The lowest BCUT2D eigenvalue weighted by Crippen LogP contribution is -2.55. The number of carbonyl (C=O) groups is 1. The quantitative estimate of drug-likeness (QED) is 0.821. The van der Waals surface area contributed by atoms with E-state index < -0.39 is 5.54 Å². The summed E-state index contributed by atoms with van der Waals surface area (Å²) in [7, 11) is 0. The summed E-state index contributed by atoms with van der Waals surface area (Å²) in [5.41, 5.74) is 6.39. The molecule has 1 aliphatic carbocycles. The number of amides is 1. The molecule has 0 spiro atoms. The minimum absolute atomic E-state index is 0.0121. The Bertz CT molecular complexity index is 408. The Morgan fingerprint density at radius 3 is 2.76 bits per heavy atom. The SMILES string of the molecule is NC(=S)C1(NC(=O)Cc2ccsc2)CCCC1. The first-order valence-corrected chi connectivity index (χ1v) is 7.09. The minimum atomic E-state index is -0.428. The van der Waals surface area contributed by atoms with Crippen LogP contribution < -0.4 is 11.1 Å². The molecule has 1 aliphatic rings. The summed E-state index contributed by atoms with van der Waals surface area (Å²) in [5.74, 6) is 0.0121. The zero-order valence-corrected chi connectivity index (χ0v) is 11.2. The van der Waals surface area contributed by atoms with Crippen LogP contribution in [0.15, 0.2) is 16.8 Å². The van der Waals surface area contributed by atoms with E-state index in [0.29, 0.717) is 11.4 Å². The van der Waals surface area contributed by atoms with Crippen molar-refractivity contribution in [3.63, 3.8) is 0 Å². The molecule has 0 atom stereocenters. The van der Waals surface area contributed by atoms with Gasteiger partial charge in [0.1, 0.15) is 0 Å². The van der Waals surface area contributed by atoms with Crippen LogP contribution in [0, 0.1) is 0 Å². The van der Waals surface area contributed by atoms with Crippen LogP contribution in [0.4, 0.5) is 0 Å². The number of carbonyl (C=O) groups excluding carboxylic acids is 1. The molecule has 1 fully saturated rings. The van der Waals surface area contributed by atoms with Crippen LogP contribution in [-0.4, -0.2) is 16.4 Å². The van der Waals surface area contributed by atoms with Gasteiger partial charge in [0.15, 0.2) is 0 Å². The van der Waals surface area contributed by atoms with Gasteiger partial charge in [-0.15, -0.1) is 0 Å². The Kier molecular flexibility index (Phi) is 3.79. The second kappa shape index (κ2) is 5.14. The normalized spacial score (nSPS) is 17.9. The van der Waals surface area contributed by atoms with Gasteiger partial charge in [0.2, 0.25) is 5.91 Å². The molecule has 5 heteroatoms. The van der Waals surface area contributed by atoms with Gasteiger partial charge in [-0.3, -0.25) is 4.79 Å². The van der Waals surface area contributed by atoms with E-state index in [2.05, 4.69) is 5.32 Å². The molecule has 0 aromatic carbocycles. The highest BCUT2D eigenvalue weighted by molar-refractivity contribution is 7.80. The van der Waals surface area contributed by atoms with Crippen molar-refractivity contribution < 1.29 is 4.79 Å². The van der Waals surface area contributed by atoms with Crippen molar-refractivity contribution >= 4 is 34.5 Å². The fourth-order valence-corrected chi connectivity index (χ4v) is 3.23. The van der Waals surface area contributed by atoms with Gasteiger partial charge >= 0.3 is 0 Å². The van der Waals surface area contributed by atoms with Gasteiger partial charge in [-0.25, -0.2) is 0 Å². The van der Waals surface area contributed by atoms with Crippen molar-refractivity contribution in [2.45, 2.75) is 37.6 Å². The van der Waals surface area contributed by atoms with Crippen molar-refractivity contribution in [2.75, 3.05) is 0 Å². The van der Waals surface area contributed by atoms with Gasteiger partial charge in [-0.2, -0.15) is 11.3 Å². The largest absolute Gasteiger partial charge is 0.391 e. The second-order valence-electron chi connectivity index (χ2n) is 4.51. The smallest absolute Gasteiger partial charge is 0.225 e. The summed E-state index contributed by atoms with van der Waals surface area (Å²) in [6.07, 6.45) is 4.31. The van der Waals surface area contributed by atoms with Gasteiger partial charge in [0.05, 0.1) is 16.9 Å². The topological polar surface area (TPSA) is 55.1 Å². The highest BCUT2D eigenvalue weighted by Crippen LogP contribution is 2.30. The van der Waals surface area contributed by atoms with Crippen LogP contribution in [0.2, 0.25) is 0 Å². The molecule has 0 aliphatic heterocycles. The van der Waals surface area contributed by atoms with Crippen LogP contribution in [0.1, 0.15) is 31.2 Å². The maximum atomic E-state index is 12.0. The third kappa shape index (κ3) is 2.84. The van der Waals surface area contributed by atoms with Crippen LogP contribution in [0.5, 0.6) is 0 Å². The lowest BCUT2D eigenvalue weighted by Gasteiger charge is -2.29. The predicted molar refractivity (Wildman–Crippen MR) is 74.2 cm³/mol. The average Bonchev–Trinajstić information content (AvgIpc) is 2.89. The molecular formula is C12H16N2OS2. The molecule has 3 nitrogen and oxygen atoms in total. The zero-order chi connectivity index (χ0) is 12.3. The van der Waals surface area contributed by atoms with E-state index in [9.17, 15) is 4.79 Å². The summed E-state index contributed by atoms with van der Waals surface area (Å²) in [6.45, 7) is 0. The maximum absolute atomic E-state index is 12.0. The van der Waals surface area contributed by atoms with Crippen molar-refractivity contribution in [3.8, 4) is 0 Å². The number of nitrogens with two attached hydrogens (primary N) is 1. The number of hydrogen-bond acceptors (Lipinski definition) is 3. The van der Waals surface area contributed by atoms with E-state index in [0.717, 1.165) is 31.2 Å². The Morgan fingerprint density at radius 2 is 2.24 bits per heavy atom. The molecular weight excluding hydrogens is 252 g/mol. The number of hydrogen-bond donors (Lipinski definition) is 2. The maximum Gasteiger partial charge on any atom is 0.225 e. The number of thiocarbonyl (C=S) groups is 1. The van der Waals surface area contributed by atoms with E-state index in [-0.39, 0.29) is 5.91 Å². The molecule has 1 aromatic heterocycles. The molecule has 0 unspecified atom stereocenters. The molecule has 0 radical (unpaired) electrons. The number of nitrogens with one attached hydrogen (secondary N) is 1. The molecule has 17 heavy (non-hydrogen) atoms. The fraction of sp³-hybridized carbons (Fsp3) is 0.500. The van der Waals surface area contributed by atoms with Gasteiger partial charge in [0.25, 0.3) is 0 Å². The summed E-state index contributed by atoms with van der Waals surface area (Å²) in [5, 5.41) is 6.99. The first kappa shape index (κ1) is 12.5. The van der Waals surface area contributed by atoms with Crippen LogP contribution in [-0.2, 0) is 11.2 Å². The average molecular weight is 268 g/mol. The monoisotopic (exact) mass is 268 g/mol. The lowest BCUT2D eigenvalue weighted by atomic mass is 9.97. The zero-order valence-electron chi connectivity index (χ0n) is 9.57. The third-order valence-corrected chi connectivity index (χ3v) is 4.38. The standard InChI is InChI=1S/C12H16N2OS2/c13-11(16)12(4-1-2-5-12)14-10(15)7-9-3-6-17-8-9/h3,6,8H,1-2,4-5,7H2,(H2,13,16)(H,14,15). The Labute approximate surface area is 110 Å². The van der Waals surface area contributed by atoms with E-state index in [1.807, 2.05) is 16.8 Å². The molecule has 1 aromatic rings. The Balaban J connectivity index is 1.99. The van der Waals surface area contributed by atoms with Gasteiger partial charge < -0.3 is 11.1 Å². The molecule has 1 saturated carbocycles.